The topological polar surface area (TPSA) is 38.5 Å². The molecule has 0 aromatic heterocycles. The first-order valence-electron chi connectivity index (χ1n) is 6.37. The summed E-state index contributed by atoms with van der Waals surface area (Å²) in [6, 6.07) is 6.97. The molecule has 2 atom stereocenters. The van der Waals surface area contributed by atoms with E-state index in [2.05, 4.69) is 0 Å². The van der Waals surface area contributed by atoms with Gasteiger partial charge >= 0.3 is 0 Å². The Morgan fingerprint density at radius 1 is 1.37 bits per heavy atom. The largest absolute Gasteiger partial charge is 0.497 e. The number of hydrogen-bond donors (Lipinski definition) is 1. The number of ether oxygens (including phenoxy) is 1. The second-order valence-electron chi connectivity index (χ2n) is 4.62. The van der Waals surface area contributed by atoms with Crippen molar-refractivity contribution in [3.05, 3.63) is 29.8 Å². The van der Waals surface area contributed by atoms with Crippen LogP contribution in [0.4, 0.5) is 8.78 Å². The zero-order valence-electron chi connectivity index (χ0n) is 11.6. The maximum Gasteiger partial charge on any atom is 0.251 e. The van der Waals surface area contributed by atoms with Crippen LogP contribution in [0.2, 0.25) is 0 Å². The first kappa shape index (κ1) is 15.9. The highest BCUT2D eigenvalue weighted by Crippen LogP contribution is 2.27. The van der Waals surface area contributed by atoms with Crippen molar-refractivity contribution in [3.8, 4) is 5.75 Å². The summed E-state index contributed by atoms with van der Waals surface area (Å²) < 4.78 is 30.3. The molecule has 0 spiro atoms. The Hall–Kier alpha value is -1.20. The Labute approximate surface area is 113 Å². The summed E-state index contributed by atoms with van der Waals surface area (Å²) in [5.74, 6) is 0.705. The summed E-state index contributed by atoms with van der Waals surface area (Å²) >= 11 is 0. The van der Waals surface area contributed by atoms with E-state index in [9.17, 15) is 8.78 Å². The second-order valence-corrected chi connectivity index (χ2v) is 4.62. The predicted molar refractivity (Wildman–Crippen MR) is 72.6 cm³/mol. The normalized spacial score (nSPS) is 14.7. The van der Waals surface area contributed by atoms with Crippen LogP contribution in [0.1, 0.15) is 24.9 Å². The summed E-state index contributed by atoms with van der Waals surface area (Å²) in [5, 5.41) is 0. The maximum absolute atomic E-state index is 12.6. The van der Waals surface area contributed by atoms with Crippen LogP contribution in [0.25, 0.3) is 0 Å². The molecule has 1 aromatic rings. The van der Waals surface area contributed by atoms with Gasteiger partial charge in [0.1, 0.15) is 5.75 Å². The van der Waals surface area contributed by atoms with E-state index in [0.717, 1.165) is 12.0 Å². The van der Waals surface area contributed by atoms with Gasteiger partial charge in [-0.1, -0.05) is 19.1 Å². The average Bonchev–Trinajstić information content (AvgIpc) is 2.38. The van der Waals surface area contributed by atoms with Crippen LogP contribution in [-0.4, -0.2) is 38.1 Å². The average molecular weight is 272 g/mol. The van der Waals surface area contributed by atoms with Crippen LogP contribution in [0, 0.1) is 0 Å². The number of alkyl halides is 2. The third-order valence-electron chi connectivity index (χ3n) is 3.21. The minimum Gasteiger partial charge on any atom is -0.497 e. The van der Waals surface area contributed by atoms with Crippen LogP contribution in [-0.2, 0) is 0 Å². The molecule has 3 nitrogen and oxygen atoms in total. The molecule has 19 heavy (non-hydrogen) atoms. The van der Waals surface area contributed by atoms with Crippen molar-refractivity contribution in [2.45, 2.75) is 31.9 Å². The third-order valence-corrected chi connectivity index (χ3v) is 3.21. The van der Waals surface area contributed by atoms with Crippen molar-refractivity contribution in [3.63, 3.8) is 0 Å². The minimum absolute atomic E-state index is 0.198. The highest BCUT2D eigenvalue weighted by Gasteiger charge is 2.25. The lowest BCUT2D eigenvalue weighted by Gasteiger charge is -2.32. The first-order valence-corrected chi connectivity index (χ1v) is 6.37. The minimum atomic E-state index is -2.37. The molecule has 1 rings (SSSR count). The molecule has 0 saturated carbocycles. The summed E-state index contributed by atoms with van der Waals surface area (Å²) in [6.45, 7) is 1.66. The smallest absolute Gasteiger partial charge is 0.251 e. The summed E-state index contributed by atoms with van der Waals surface area (Å²) in [5.41, 5.74) is 6.99. The molecule has 0 fully saturated rings. The Morgan fingerprint density at radius 3 is 2.58 bits per heavy atom. The van der Waals surface area contributed by atoms with Gasteiger partial charge in [-0.15, -0.1) is 0 Å². The van der Waals surface area contributed by atoms with E-state index in [1.54, 1.807) is 19.1 Å². The van der Waals surface area contributed by atoms with E-state index in [1.807, 2.05) is 31.2 Å². The third kappa shape index (κ3) is 4.44. The molecule has 5 heteroatoms. The van der Waals surface area contributed by atoms with E-state index >= 15 is 0 Å². The molecule has 0 bridgehead atoms. The maximum atomic E-state index is 12.6. The van der Waals surface area contributed by atoms with E-state index in [-0.39, 0.29) is 18.6 Å². The number of methoxy groups -OCH3 is 1. The van der Waals surface area contributed by atoms with Crippen LogP contribution < -0.4 is 10.5 Å². The molecule has 0 aliphatic heterocycles. The van der Waals surface area contributed by atoms with Crippen LogP contribution >= 0.6 is 0 Å². The fraction of sp³-hybridized carbons (Fsp3) is 0.571. The highest BCUT2D eigenvalue weighted by molar-refractivity contribution is 5.31. The molecule has 0 amide bonds. The van der Waals surface area contributed by atoms with Crippen LogP contribution in [0.3, 0.4) is 0 Å². The van der Waals surface area contributed by atoms with Crippen LogP contribution in [0.15, 0.2) is 24.3 Å². The van der Waals surface area contributed by atoms with E-state index in [0.29, 0.717) is 5.75 Å². The van der Waals surface area contributed by atoms with Gasteiger partial charge in [-0.05, 0) is 31.2 Å². The number of hydrogen-bond acceptors (Lipinski definition) is 3. The highest BCUT2D eigenvalue weighted by atomic mass is 19.3. The zero-order valence-corrected chi connectivity index (χ0v) is 11.6. The molecule has 2 N–H and O–H groups in total. The standard InChI is InChI=1S/C14H22F2N2O/c1-4-12(17)14(18(2)9-13(15)16)10-6-5-7-11(8-10)19-3/h5-8,12-14H,4,9,17H2,1-3H3. The van der Waals surface area contributed by atoms with Gasteiger partial charge in [0, 0.05) is 12.1 Å². The lowest BCUT2D eigenvalue weighted by molar-refractivity contribution is 0.0735. The SMILES string of the molecule is CCC(N)C(c1cccc(OC)c1)N(C)CC(F)F. The van der Waals surface area contributed by atoms with Crippen molar-refractivity contribution in [2.24, 2.45) is 5.73 Å². The zero-order chi connectivity index (χ0) is 14.4. The number of likely N-dealkylation sites (N-methyl/N-ethyl adjacent to an activating group) is 1. The monoisotopic (exact) mass is 272 g/mol. The van der Waals surface area contributed by atoms with Gasteiger partial charge in [0.15, 0.2) is 0 Å². The molecule has 2 unspecified atom stereocenters. The Kier molecular flexibility index (Phi) is 6.18. The van der Waals surface area contributed by atoms with E-state index in [4.69, 9.17) is 10.5 Å². The number of halogens is 2. The molecule has 0 saturated heterocycles. The van der Waals surface area contributed by atoms with Crippen molar-refractivity contribution in [2.75, 3.05) is 20.7 Å². The number of nitrogens with two attached hydrogens (primary N) is 1. The summed E-state index contributed by atoms with van der Waals surface area (Å²) in [7, 11) is 3.25. The second kappa shape index (κ2) is 7.40. The van der Waals surface area contributed by atoms with Gasteiger partial charge in [-0.25, -0.2) is 8.78 Å². The number of nitrogens with zero attached hydrogens (tertiary/aromatic N) is 1. The van der Waals surface area contributed by atoms with Crippen molar-refractivity contribution < 1.29 is 13.5 Å². The molecular formula is C14H22F2N2O. The fourth-order valence-electron chi connectivity index (χ4n) is 2.21. The van der Waals surface area contributed by atoms with Crippen molar-refractivity contribution in [1.29, 1.82) is 0 Å². The summed E-state index contributed by atoms with van der Waals surface area (Å²) in [6.07, 6.45) is -1.66. The van der Waals surface area contributed by atoms with Gasteiger partial charge in [0.05, 0.1) is 13.7 Å². The Bertz CT molecular complexity index is 387. The molecule has 0 heterocycles. The molecular weight excluding hydrogens is 250 g/mol. The van der Waals surface area contributed by atoms with Crippen molar-refractivity contribution in [1.82, 2.24) is 4.90 Å². The Balaban J connectivity index is 3.01. The number of benzene rings is 1. The molecule has 0 aliphatic carbocycles. The van der Waals surface area contributed by atoms with Gasteiger partial charge < -0.3 is 10.5 Å². The first-order chi connectivity index (χ1) is 8.99. The lowest BCUT2D eigenvalue weighted by atomic mass is 9.96. The van der Waals surface area contributed by atoms with Crippen molar-refractivity contribution >= 4 is 0 Å². The predicted octanol–water partition coefficient (Wildman–Crippen LogP) is 2.67. The fourth-order valence-corrected chi connectivity index (χ4v) is 2.21. The van der Waals surface area contributed by atoms with Crippen LogP contribution in [0.5, 0.6) is 5.75 Å². The number of rotatable bonds is 7. The molecule has 0 aliphatic rings. The van der Waals surface area contributed by atoms with E-state index < -0.39 is 6.43 Å². The van der Waals surface area contributed by atoms with Gasteiger partial charge in [-0.3, -0.25) is 4.90 Å². The molecule has 108 valence electrons. The summed E-state index contributed by atoms with van der Waals surface area (Å²) in [4.78, 5) is 1.60. The Morgan fingerprint density at radius 2 is 2.05 bits per heavy atom. The van der Waals surface area contributed by atoms with E-state index in [1.165, 1.54) is 0 Å². The quantitative estimate of drug-likeness (QED) is 0.829. The molecule has 1 aromatic carbocycles. The van der Waals surface area contributed by atoms with Gasteiger partial charge in [0.25, 0.3) is 6.43 Å². The van der Waals surface area contributed by atoms with Gasteiger partial charge in [-0.2, -0.15) is 0 Å². The molecule has 0 radical (unpaired) electrons. The lowest BCUT2D eigenvalue weighted by Crippen LogP contribution is -2.40. The van der Waals surface area contributed by atoms with Gasteiger partial charge in [0.2, 0.25) is 0 Å².